The Morgan fingerprint density at radius 1 is 1.70 bits per heavy atom. The molecule has 1 atom stereocenters. The normalized spacial score (nSPS) is 14.9. The third kappa shape index (κ3) is 2.21. The van der Waals surface area contributed by atoms with E-state index in [1.165, 1.54) is 0 Å². The lowest BCUT2D eigenvalue weighted by atomic mass is 9.98. The zero-order valence-electron chi connectivity index (χ0n) is 7.02. The maximum atomic E-state index is 5.62. The van der Waals surface area contributed by atoms with Crippen molar-refractivity contribution in [1.29, 1.82) is 0 Å². The van der Waals surface area contributed by atoms with E-state index in [4.69, 9.17) is 5.73 Å². The molecule has 0 radical (unpaired) electrons. The van der Waals surface area contributed by atoms with Crippen LogP contribution in [0.3, 0.4) is 0 Å². The summed E-state index contributed by atoms with van der Waals surface area (Å²) in [6.45, 7) is 7.89. The Hall–Kier alpha value is -0.790. The minimum absolute atomic E-state index is 0.269. The molecule has 1 unspecified atom stereocenters. The summed E-state index contributed by atoms with van der Waals surface area (Å²) in [5.74, 6) is 0.958. The van der Waals surface area contributed by atoms with Crippen LogP contribution in [-0.2, 0) is 0 Å². The predicted molar refractivity (Wildman–Crippen MR) is 46.1 cm³/mol. The summed E-state index contributed by atoms with van der Waals surface area (Å²) in [5, 5.41) is 0. The Kier molecular flexibility index (Phi) is 3.77. The molecule has 2 nitrogen and oxygen atoms in total. The summed E-state index contributed by atoms with van der Waals surface area (Å²) < 4.78 is 0. The second kappa shape index (κ2) is 4.09. The van der Waals surface area contributed by atoms with Crippen LogP contribution in [0.2, 0.25) is 0 Å². The van der Waals surface area contributed by atoms with E-state index < -0.39 is 0 Å². The Labute approximate surface area is 62.8 Å². The highest BCUT2D eigenvalue weighted by Gasteiger charge is 2.09. The fourth-order valence-corrected chi connectivity index (χ4v) is 0.966. The smallest absolute Gasteiger partial charge is 0.101 e. The van der Waals surface area contributed by atoms with Gasteiger partial charge in [-0.15, -0.1) is 0 Å². The van der Waals surface area contributed by atoms with E-state index in [-0.39, 0.29) is 5.92 Å². The van der Waals surface area contributed by atoms with Crippen molar-refractivity contribution >= 4 is 5.84 Å². The van der Waals surface area contributed by atoms with Gasteiger partial charge in [0.1, 0.15) is 5.84 Å². The molecule has 0 aliphatic heterocycles. The highest BCUT2D eigenvalue weighted by molar-refractivity contribution is 5.85. The van der Waals surface area contributed by atoms with E-state index in [1.54, 1.807) is 7.05 Å². The number of rotatable bonds is 3. The van der Waals surface area contributed by atoms with Crippen molar-refractivity contribution in [3.63, 3.8) is 0 Å². The molecule has 0 amide bonds. The van der Waals surface area contributed by atoms with Crippen molar-refractivity contribution in [2.75, 3.05) is 7.05 Å². The van der Waals surface area contributed by atoms with Gasteiger partial charge in [0.05, 0.1) is 0 Å². The molecule has 0 saturated heterocycles. The van der Waals surface area contributed by atoms with Crippen molar-refractivity contribution in [3.05, 3.63) is 12.2 Å². The number of aliphatic imine (C=N–C) groups is 1. The highest BCUT2D eigenvalue weighted by atomic mass is 14.8. The average molecular weight is 140 g/mol. The van der Waals surface area contributed by atoms with Crippen LogP contribution in [0.25, 0.3) is 0 Å². The first-order valence-electron chi connectivity index (χ1n) is 3.51. The molecule has 0 fully saturated rings. The van der Waals surface area contributed by atoms with Gasteiger partial charge >= 0.3 is 0 Å². The molecule has 58 valence electrons. The molecule has 0 spiro atoms. The van der Waals surface area contributed by atoms with Gasteiger partial charge in [0.25, 0.3) is 0 Å². The van der Waals surface area contributed by atoms with Gasteiger partial charge in [-0.1, -0.05) is 19.1 Å². The van der Waals surface area contributed by atoms with Crippen LogP contribution in [-0.4, -0.2) is 12.9 Å². The first kappa shape index (κ1) is 9.21. The van der Waals surface area contributed by atoms with Gasteiger partial charge in [0, 0.05) is 13.0 Å². The monoisotopic (exact) mass is 140 g/mol. The fourth-order valence-electron chi connectivity index (χ4n) is 0.966. The molecule has 0 aromatic heterocycles. The summed E-state index contributed by atoms with van der Waals surface area (Å²) >= 11 is 0. The van der Waals surface area contributed by atoms with E-state index in [9.17, 15) is 0 Å². The third-order valence-electron chi connectivity index (χ3n) is 1.62. The van der Waals surface area contributed by atoms with Crippen molar-refractivity contribution < 1.29 is 0 Å². The molecular weight excluding hydrogens is 124 g/mol. The largest absolute Gasteiger partial charge is 0.387 e. The zero-order chi connectivity index (χ0) is 8.15. The van der Waals surface area contributed by atoms with Crippen LogP contribution in [0, 0.1) is 5.92 Å². The van der Waals surface area contributed by atoms with Crippen molar-refractivity contribution in [3.8, 4) is 0 Å². The summed E-state index contributed by atoms with van der Waals surface area (Å²) in [4.78, 5) is 3.91. The second-order valence-electron chi connectivity index (χ2n) is 2.46. The van der Waals surface area contributed by atoms with E-state index in [0.717, 1.165) is 12.0 Å². The quantitative estimate of drug-likeness (QED) is 0.361. The van der Waals surface area contributed by atoms with E-state index in [0.29, 0.717) is 5.84 Å². The Balaban J connectivity index is 4.21. The summed E-state index contributed by atoms with van der Waals surface area (Å²) in [6.07, 6.45) is 0.985. The minimum atomic E-state index is 0.269. The van der Waals surface area contributed by atoms with Crippen molar-refractivity contribution in [1.82, 2.24) is 0 Å². The van der Waals surface area contributed by atoms with Crippen LogP contribution in [0.1, 0.15) is 20.3 Å². The number of hydrogen-bond acceptors (Lipinski definition) is 1. The molecule has 0 heterocycles. The van der Waals surface area contributed by atoms with E-state index >= 15 is 0 Å². The van der Waals surface area contributed by atoms with Gasteiger partial charge in [-0.2, -0.15) is 0 Å². The van der Waals surface area contributed by atoms with Crippen LogP contribution in [0.4, 0.5) is 0 Å². The number of amidine groups is 1. The predicted octanol–water partition coefficient (Wildman–Crippen LogP) is 1.58. The molecule has 0 bridgehead atoms. The maximum absolute atomic E-state index is 5.62. The Morgan fingerprint density at radius 2 is 2.20 bits per heavy atom. The molecule has 0 aliphatic rings. The molecule has 0 aromatic rings. The Morgan fingerprint density at radius 3 is 2.30 bits per heavy atom. The van der Waals surface area contributed by atoms with Crippen molar-refractivity contribution in [2.45, 2.75) is 20.3 Å². The Bertz CT molecular complexity index is 147. The first-order chi connectivity index (χ1) is 4.63. The van der Waals surface area contributed by atoms with Gasteiger partial charge in [-0.25, -0.2) is 0 Å². The molecule has 0 aliphatic carbocycles. The summed E-state index contributed by atoms with van der Waals surface area (Å²) in [5.41, 5.74) is 6.71. The fraction of sp³-hybridized carbons (Fsp3) is 0.625. The lowest BCUT2D eigenvalue weighted by Gasteiger charge is -2.12. The summed E-state index contributed by atoms with van der Waals surface area (Å²) in [6, 6.07) is 0. The van der Waals surface area contributed by atoms with E-state index in [1.807, 2.05) is 6.92 Å². The number of nitrogens with two attached hydrogens (primary N) is 1. The molecule has 10 heavy (non-hydrogen) atoms. The number of nitrogens with zero attached hydrogens (tertiary/aromatic N) is 1. The van der Waals surface area contributed by atoms with Crippen LogP contribution in [0.5, 0.6) is 0 Å². The van der Waals surface area contributed by atoms with Gasteiger partial charge in [0.2, 0.25) is 0 Å². The average Bonchev–Trinajstić information content (AvgIpc) is 1.88. The molecule has 0 aromatic carbocycles. The molecule has 0 rings (SSSR count). The second-order valence-corrected chi connectivity index (χ2v) is 2.46. The van der Waals surface area contributed by atoms with Gasteiger partial charge in [-0.3, -0.25) is 4.99 Å². The molecule has 2 heteroatoms. The lowest BCUT2D eigenvalue weighted by molar-refractivity contribution is 0.761. The van der Waals surface area contributed by atoms with Gasteiger partial charge in [0.15, 0.2) is 0 Å². The van der Waals surface area contributed by atoms with Crippen molar-refractivity contribution in [2.24, 2.45) is 16.6 Å². The topological polar surface area (TPSA) is 38.4 Å². The van der Waals surface area contributed by atoms with E-state index in [2.05, 4.69) is 18.5 Å². The SMILES string of the molecule is C=C(C)C(CC)C(N)=NC. The molecular formula is C8H16N2. The van der Waals surface area contributed by atoms with Crippen LogP contribution in [0.15, 0.2) is 17.1 Å². The zero-order valence-corrected chi connectivity index (χ0v) is 7.02. The lowest BCUT2D eigenvalue weighted by Crippen LogP contribution is -2.23. The van der Waals surface area contributed by atoms with Crippen LogP contribution >= 0.6 is 0 Å². The maximum Gasteiger partial charge on any atom is 0.101 e. The summed E-state index contributed by atoms with van der Waals surface area (Å²) in [7, 11) is 1.71. The molecule has 0 saturated carbocycles. The highest BCUT2D eigenvalue weighted by Crippen LogP contribution is 2.11. The van der Waals surface area contributed by atoms with Gasteiger partial charge < -0.3 is 5.73 Å². The number of hydrogen-bond donors (Lipinski definition) is 1. The first-order valence-corrected chi connectivity index (χ1v) is 3.51. The minimum Gasteiger partial charge on any atom is -0.387 e. The molecule has 2 N–H and O–H groups in total. The van der Waals surface area contributed by atoms with Crippen LogP contribution < -0.4 is 5.73 Å². The standard InChI is InChI=1S/C8H16N2/c1-5-7(6(2)3)8(9)10-4/h7H,2,5H2,1,3-4H3,(H2,9,10). The third-order valence-corrected chi connectivity index (χ3v) is 1.62. The van der Waals surface area contributed by atoms with Gasteiger partial charge in [-0.05, 0) is 13.3 Å².